The fourth-order valence-electron chi connectivity index (χ4n) is 2.01. The maximum absolute atomic E-state index is 12.0. The van der Waals surface area contributed by atoms with Crippen molar-refractivity contribution in [2.45, 2.75) is 19.9 Å². The topological polar surface area (TPSA) is 55.1 Å². The molecule has 0 radical (unpaired) electrons. The molecule has 0 aliphatic rings. The number of rotatable bonds is 6. The number of benzene rings is 1. The smallest absolute Gasteiger partial charge is 0.251 e. The van der Waals surface area contributed by atoms with Gasteiger partial charge >= 0.3 is 0 Å². The Hall–Kier alpha value is -1.36. The number of hydrogen-bond acceptors (Lipinski definition) is 3. The third kappa shape index (κ3) is 5.50. The summed E-state index contributed by atoms with van der Waals surface area (Å²) in [5.41, 5.74) is 7.26. The van der Waals surface area contributed by atoms with Crippen molar-refractivity contribution >= 4 is 29.7 Å². The summed E-state index contributed by atoms with van der Waals surface area (Å²) in [5.74, 6) is 0.410. The molecule has 1 aromatic carbocycles. The molecule has 0 saturated heterocycles. The van der Waals surface area contributed by atoms with Gasteiger partial charge in [-0.2, -0.15) is 0 Å². The van der Waals surface area contributed by atoms with E-state index < -0.39 is 0 Å². The van der Waals surface area contributed by atoms with Gasteiger partial charge < -0.3 is 11.1 Å². The molecule has 0 fully saturated rings. The van der Waals surface area contributed by atoms with Gasteiger partial charge in [-0.25, -0.2) is 0 Å². The normalized spacial score (nSPS) is 11.5. The summed E-state index contributed by atoms with van der Waals surface area (Å²) < 4.78 is 0. The minimum atomic E-state index is -0.0217. The first-order chi connectivity index (χ1) is 9.69. The van der Waals surface area contributed by atoms with E-state index in [-0.39, 0.29) is 18.3 Å². The third-order valence-corrected chi connectivity index (χ3v) is 4.09. The van der Waals surface area contributed by atoms with Crippen LogP contribution in [0, 0.1) is 5.92 Å². The molecule has 1 unspecified atom stereocenters. The number of carbonyl (C=O) groups is 1. The zero-order chi connectivity index (χ0) is 14.4. The van der Waals surface area contributed by atoms with Gasteiger partial charge in [0, 0.05) is 23.5 Å². The molecule has 1 heterocycles. The van der Waals surface area contributed by atoms with Crippen molar-refractivity contribution in [2.75, 3.05) is 6.54 Å². The van der Waals surface area contributed by atoms with Crippen LogP contribution in [0.3, 0.4) is 0 Å². The molecule has 2 aromatic rings. The highest BCUT2D eigenvalue weighted by Crippen LogP contribution is 2.14. The Kier molecular flexibility index (Phi) is 7.43. The van der Waals surface area contributed by atoms with Gasteiger partial charge in [0.25, 0.3) is 5.91 Å². The average Bonchev–Trinajstić information content (AvgIpc) is 2.97. The molecule has 2 rings (SSSR count). The molecule has 5 heteroatoms. The molecule has 1 atom stereocenters. The number of thiophene rings is 1. The maximum Gasteiger partial charge on any atom is 0.251 e. The lowest BCUT2D eigenvalue weighted by molar-refractivity contribution is 0.0948. The Morgan fingerprint density at radius 3 is 2.57 bits per heavy atom. The molecule has 0 aliphatic heterocycles. The minimum absolute atomic E-state index is 0. The van der Waals surface area contributed by atoms with Gasteiger partial charge in [0.15, 0.2) is 0 Å². The number of nitrogens with two attached hydrogens (primary N) is 1. The molecular formula is C16H21ClN2OS. The fourth-order valence-corrected chi connectivity index (χ4v) is 2.88. The molecule has 21 heavy (non-hydrogen) atoms. The Balaban J connectivity index is 0.00000220. The van der Waals surface area contributed by atoms with E-state index >= 15 is 0 Å². The summed E-state index contributed by atoms with van der Waals surface area (Å²) in [4.78, 5) is 13.4. The van der Waals surface area contributed by atoms with Gasteiger partial charge in [-0.3, -0.25) is 4.79 Å². The van der Waals surface area contributed by atoms with Crippen LogP contribution in [0.5, 0.6) is 0 Å². The van der Waals surface area contributed by atoms with E-state index in [0.29, 0.717) is 24.6 Å². The Labute approximate surface area is 136 Å². The fraction of sp³-hybridized carbons (Fsp3) is 0.312. The predicted molar refractivity (Wildman–Crippen MR) is 91.1 cm³/mol. The Morgan fingerprint density at radius 2 is 2.00 bits per heavy atom. The summed E-state index contributed by atoms with van der Waals surface area (Å²) in [6, 6.07) is 11.6. The van der Waals surface area contributed by atoms with Gasteiger partial charge in [0.1, 0.15) is 0 Å². The average molecular weight is 325 g/mol. The van der Waals surface area contributed by atoms with Crippen LogP contribution in [0.15, 0.2) is 41.8 Å². The van der Waals surface area contributed by atoms with Crippen molar-refractivity contribution in [3.8, 4) is 0 Å². The van der Waals surface area contributed by atoms with Crippen LogP contribution < -0.4 is 11.1 Å². The Morgan fingerprint density at radius 1 is 1.29 bits per heavy atom. The van der Waals surface area contributed by atoms with Gasteiger partial charge in [0.2, 0.25) is 0 Å². The molecule has 0 aliphatic carbocycles. The third-order valence-electron chi connectivity index (χ3n) is 3.19. The van der Waals surface area contributed by atoms with Crippen molar-refractivity contribution in [2.24, 2.45) is 11.7 Å². The standard InChI is InChI=1S/C16H20N2OS.ClH/c1-12(9-15-3-2-8-20-15)11-18-16(19)14-6-4-13(10-17)5-7-14;/h2-8,12H,9-11,17H2,1H3,(H,18,19);1H. The highest BCUT2D eigenvalue weighted by Gasteiger charge is 2.09. The van der Waals surface area contributed by atoms with E-state index in [1.165, 1.54) is 4.88 Å². The highest BCUT2D eigenvalue weighted by atomic mass is 35.5. The van der Waals surface area contributed by atoms with E-state index in [9.17, 15) is 4.79 Å². The van der Waals surface area contributed by atoms with Crippen LogP contribution in [-0.2, 0) is 13.0 Å². The van der Waals surface area contributed by atoms with Crippen LogP contribution in [0.4, 0.5) is 0 Å². The van der Waals surface area contributed by atoms with Gasteiger partial charge in [0.05, 0.1) is 0 Å². The lowest BCUT2D eigenvalue weighted by Crippen LogP contribution is -2.28. The number of amides is 1. The highest BCUT2D eigenvalue weighted by molar-refractivity contribution is 7.09. The molecular weight excluding hydrogens is 304 g/mol. The number of carbonyl (C=O) groups excluding carboxylic acids is 1. The first kappa shape index (κ1) is 17.7. The van der Waals surface area contributed by atoms with Gasteiger partial charge in [-0.15, -0.1) is 23.7 Å². The summed E-state index contributed by atoms with van der Waals surface area (Å²) in [5, 5.41) is 5.07. The first-order valence-electron chi connectivity index (χ1n) is 6.78. The minimum Gasteiger partial charge on any atom is -0.352 e. The molecule has 0 bridgehead atoms. The number of halogens is 1. The summed E-state index contributed by atoms with van der Waals surface area (Å²) >= 11 is 1.76. The van der Waals surface area contributed by atoms with Crippen molar-refractivity contribution in [1.29, 1.82) is 0 Å². The molecule has 3 N–H and O–H groups in total. The van der Waals surface area contributed by atoms with Crippen LogP contribution in [0.25, 0.3) is 0 Å². The van der Waals surface area contributed by atoms with E-state index in [2.05, 4.69) is 29.8 Å². The second kappa shape index (κ2) is 8.82. The van der Waals surface area contributed by atoms with E-state index in [4.69, 9.17) is 5.73 Å². The summed E-state index contributed by atoms with van der Waals surface area (Å²) in [6.45, 7) is 3.34. The largest absolute Gasteiger partial charge is 0.352 e. The molecule has 0 saturated carbocycles. The molecule has 0 spiro atoms. The lowest BCUT2D eigenvalue weighted by atomic mass is 10.1. The van der Waals surface area contributed by atoms with Gasteiger partial charge in [-0.1, -0.05) is 25.1 Å². The maximum atomic E-state index is 12.0. The van der Waals surface area contributed by atoms with Crippen LogP contribution >= 0.6 is 23.7 Å². The van der Waals surface area contributed by atoms with Gasteiger partial charge in [-0.05, 0) is 41.5 Å². The van der Waals surface area contributed by atoms with E-state index in [1.807, 2.05) is 24.3 Å². The quantitative estimate of drug-likeness (QED) is 0.857. The first-order valence-corrected chi connectivity index (χ1v) is 7.66. The second-order valence-electron chi connectivity index (χ2n) is 5.00. The summed E-state index contributed by atoms with van der Waals surface area (Å²) in [7, 11) is 0. The lowest BCUT2D eigenvalue weighted by Gasteiger charge is -2.12. The monoisotopic (exact) mass is 324 g/mol. The molecule has 1 amide bonds. The predicted octanol–water partition coefficient (Wildman–Crippen LogP) is 3.24. The molecule has 114 valence electrons. The zero-order valence-corrected chi connectivity index (χ0v) is 13.7. The van der Waals surface area contributed by atoms with Crippen molar-refractivity contribution in [1.82, 2.24) is 5.32 Å². The molecule has 3 nitrogen and oxygen atoms in total. The number of nitrogens with one attached hydrogen (secondary N) is 1. The van der Waals surface area contributed by atoms with Crippen molar-refractivity contribution in [3.05, 3.63) is 57.8 Å². The SMILES string of the molecule is CC(CNC(=O)c1ccc(CN)cc1)Cc1cccs1.Cl. The number of hydrogen-bond donors (Lipinski definition) is 2. The van der Waals surface area contributed by atoms with Crippen LogP contribution in [-0.4, -0.2) is 12.5 Å². The van der Waals surface area contributed by atoms with E-state index in [1.54, 1.807) is 11.3 Å². The summed E-state index contributed by atoms with van der Waals surface area (Å²) in [6.07, 6.45) is 1.00. The van der Waals surface area contributed by atoms with Crippen LogP contribution in [0.2, 0.25) is 0 Å². The second-order valence-corrected chi connectivity index (χ2v) is 6.03. The molecule has 1 aromatic heterocycles. The van der Waals surface area contributed by atoms with Crippen molar-refractivity contribution < 1.29 is 4.79 Å². The van der Waals surface area contributed by atoms with E-state index in [0.717, 1.165) is 12.0 Å². The Bertz CT molecular complexity index is 540. The van der Waals surface area contributed by atoms with Crippen molar-refractivity contribution in [3.63, 3.8) is 0 Å². The zero-order valence-electron chi connectivity index (χ0n) is 12.0. The van der Waals surface area contributed by atoms with Crippen LogP contribution in [0.1, 0.15) is 27.7 Å².